The van der Waals surface area contributed by atoms with E-state index in [9.17, 15) is 8.78 Å². The van der Waals surface area contributed by atoms with Gasteiger partial charge in [0.15, 0.2) is 0 Å². The van der Waals surface area contributed by atoms with Crippen LogP contribution in [0, 0.1) is 6.92 Å². The monoisotopic (exact) mass is 181 g/mol. The molecule has 0 bridgehead atoms. The third-order valence-electron chi connectivity index (χ3n) is 2.09. The van der Waals surface area contributed by atoms with Crippen LogP contribution < -0.4 is 0 Å². The van der Waals surface area contributed by atoms with Crippen LogP contribution in [0.15, 0.2) is 30.5 Å². The summed E-state index contributed by atoms with van der Waals surface area (Å²) in [5, 5.41) is 0.853. The number of fused-ring (bicyclic) bond motifs is 1. The molecule has 0 N–H and O–H groups in total. The number of benzene rings is 1. The molecular formula is C10H9F2N. The van der Waals surface area contributed by atoms with E-state index in [1.165, 1.54) is 6.20 Å². The van der Waals surface area contributed by atoms with Crippen LogP contribution in [0.1, 0.15) is 12.1 Å². The molecule has 2 rings (SSSR count). The molecule has 68 valence electrons. The Labute approximate surface area is 74.6 Å². The fourth-order valence-electron chi connectivity index (χ4n) is 1.43. The van der Waals surface area contributed by atoms with Crippen molar-refractivity contribution in [2.24, 2.45) is 0 Å². The zero-order chi connectivity index (χ0) is 9.42. The molecule has 1 aromatic carbocycles. The van der Waals surface area contributed by atoms with E-state index in [2.05, 4.69) is 0 Å². The van der Waals surface area contributed by atoms with Crippen LogP contribution in [0.4, 0.5) is 8.78 Å². The van der Waals surface area contributed by atoms with Crippen LogP contribution in [-0.4, -0.2) is 4.57 Å². The Hall–Kier alpha value is -1.38. The topological polar surface area (TPSA) is 4.93 Å². The Morgan fingerprint density at radius 1 is 1.23 bits per heavy atom. The molecule has 0 saturated heterocycles. The Bertz CT molecular complexity index is 431. The van der Waals surface area contributed by atoms with E-state index < -0.39 is 6.55 Å². The molecule has 1 nitrogen and oxygen atoms in total. The first-order valence-corrected chi connectivity index (χ1v) is 4.04. The summed E-state index contributed by atoms with van der Waals surface area (Å²) in [6, 6.07) is 7.23. The van der Waals surface area contributed by atoms with Crippen molar-refractivity contribution in [2.75, 3.05) is 0 Å². The number of hydrogen-bond acceptors (Lipinski definition) is 0. The van der Waals surface area contributed by atoms with Gasteiger partial charge in [0.25, 0.3) is 0 Å². The summed E-state index contributed by atoms with van der Waals surface area (Å²) in [6.45, 7) is -0.568. The van der Waals surface area contributed by atoms with Crippen LogP contribution in [0.25, 0.3) is 10.9 Å². The van der Waals surface area contributed by atoms with E-state index in [0.29, 0.717) is 5.52 Å². The predicted octanol–water partition coefficient (Wildman–Crippen LogP) is 3.34. The molecule has 1 aromatic heterocycles. The average molecular weight is 181 g/mol. The predicted molar refractivity (Wildman–Crippen MR) is 47.9 cm³/mol. The Kier molecular flexibility index (Phi) is 1.79. The highest BCUT2D eigenvalue weighted by Gasteiger charge is 2.08. The van der Waals surface area contributed by atoms with Crippen molar-refractivity contribution in [1.29, 1.82) is 0 Å². The van der Waals surface area contributed by atoms with E-state index in [-0.39, 0.29) is 0 Å². The lowest BCUT2D eigenvalue weighted by molar-refractivity contribution is 0.0752. The fraction of sp³-hybridized carbons (Fsp3) is 0.200. The minimum absolute atomic E-state index is 0.593. The van der Waals surface area contributed by atoms with Gasteiger partial charge in [-0.3, -0.25) is 4.57 Å². The van der Waals surface area contributed by atoms with Gasteiger partial charge in [0.2, 0.25) is 0 Å². The fourth-order valence-corrected chi connectivity index (χ4v) is 1.43. The van der Waals surface area contributed by atoms with Gasteiger partial charge < -0.3 is 0 Å². The molecule has 0 atom stereocenters. The molecule has 0 aliphatic rings. The maximum Gasteiger partial charge on any atom is 0.319 e. The van der Waals surface area contributed by atoms with Gasteiger partial charge in [-0.15, -0.1) is 0 Å². The summed E-state index contributed by atoms with van der Waals surface area (Å²) < 4.78 is 25.8. The number of nitrogens with zero attached hydrogens (tertiary/aromatic N) is 1. The highest BCUT2D eigenvalue weighted by molar-refractivity contribution is 5.80. The van der Waals surface area contributed by atoms with E-state index >= 15 is 0 Å². The highest BCUT2D eigenvalue weighted by Crippen LogP contribution is 2.22. The number of alkyl halides is 2. The molecule has 0 fully saturated rings. The number of hydrogen-bond donors (Lipinski definition) is 0. The molecule has 3 heteroatoms. The second-order valence-corrected chi connectivity index (χ2v) is 3.06. The van der Waals surface area contributed by atoms with Gasteiger partial charge in [-0.1, -0.05) is 12.1 Å². The van der Waals surface area contributed by atoms with Crippen molar-refractivity contribution in [2.45, 2.75) is 13.5 Å². The normalized spacial score (nSPS) is 11.4. The maximum absolute atomic E-state index is 12.4. The molecule has 13 heavy (non-hydrogen) atoms. The van der Waals surface area contributed by atoms with Gasteiger partial charge >= 0.3 is 6.55 Å². The highest BCUT2D eigenvalue weighted by atomic mass is 19.3. The minimum atomic E-state index is -2.46. The average Bonchev–Trinajstić information content (AvgIpc) is 2.46. The molecule has 0 aliphatic heterocycles. The summed E-state index contributed by atoms with van der Waals surface area (Å²) in [5.74, 6) is 0. The van der Waals surface area contributed by atoms with Crippen LogP contribution in [0.2, 0.25) is 0 Å². The number of aryl methyl sites for hydroxylation is 1. The van der Waals surface area contributed by atoms with Crippen LogP contribution in [0.3, 0.4) is 0 Å². The maximum atomic E-state index is 12.4. The smallest absolute Gasteiger partial charge is 0.291 e. The number of halogens is 2. The molecule has 0 unspecified atom stereocenters. The van der Waals surface area contributed by atoms with Crippen molar-refractivity contribution in [3.8, 4) is 0 Å². The summed E-state index contributed by atoms with van der Waals surface area (Å²) in [7, 11) is 0. The minimum Gasteiger partial charge on any atom is -0.291 e. The summed E-state index contributed by atoms with van der Waals surface area (Å²) in [6.07, 6.45) is 1.41. The zero-order valence-corrected chi connectivity index (χ0v) is 7.17. The Morgan fingerprint density at radius 3 is 2.69 bits per heavy atom. The largest absolute Gasteiger partial charge is 0.319 e. The second-order valence-electron chi connectivity index (χ2n) is 3.06. The number of rotatable bonds is 1. The van der Waals surface area contributed by atoms with Gasteiger partial charge in [-0.2, -0.15) is 8.78 Å². The van der Waals surface area contributed by atoms with Gasteiger partial charge in [-0.25, -0.2) is 0 Å². The quantitative estimate of drug-likeness (QED) is 0.635. The molecule has 2 aromatic rings. The molecule has 0 saturated carbocycles. The standard InChI is InChI=1S/C10H9F2N/c1-7-2-3-8-4-5-13(10(11)12)9(8)6-7/h2-6,10H,1H3. The molecular weight excluding hydrogens is 172 g/mol. The molecule has 0 spiro atoms. The lowest BCUT2D eigenvalue weighted by atomic mass is 10.2. The van der Waals surface area contributed by atoms with Crippen molar-refractivity contribution in [3.63, 3.8) is 0 Å². The van der Waals surface area contributed by atoms with Gasteiger partial charge in [-0.05, 0) is 30.0 Å². The zero-order valence-electron chi connectivity index (χ0n) is 7.17. The summed E-state index contributed by atoms with van der Waals surface area (Å²) >= 11 is 0. The van der Waals surface area contributed by atoms with Gasteiger partial charge in [0.05, 0.1) is 5.52 Å². The first-order valence-electron chi connectivity index (χ1n) is 4.04. The third kappa shape index (κ3) is 1.30. The van der Waals surface area contributed by atoms with Crippen LogP contribution in [-0.2, 0) is 0 Å². The van der Waals surface area contributed by atoms with Crippen molar-refractivity contribution < 1.29 is 8.78 Å². The lowest BCUT2D eigenvalue weighted by Gasteiger charge is -2.03. The molecule has 1 heterocycles. The molecule has 0 radical (unpaired) electrons. The van der Waals surface area contributed by atoms with E-state index in [1.54, 1.807) is 12.1 Å². The molecule has 0 amide bonds. The SMILES string of the molecule is Cc1ccc2ccn(C(F)F)c2c1. The second kappa shape index (κ2) is 2.83. The van der Waals surface area contributed by atoms with Crippen LogP contribution in [0.5, 0.6) is 0 Å². The van der Waals surface area contributed by atoms with E-state index in [4.69, 9.17) is 0 Å². The summed E-state index contributed by atoms with van der Waals surface area (Å²) in [4.78, 5) is 0. The van der Waals surface area contributed by atoms with Gasteiger partial charge in [0, 0.05) is 6.20 Å². The first kappa shape index (κ1) is 8.23. The summed E-state index contributed by atoms with van der Waals surface area (Å²) in [5.41, 5.74) is 1.59. The van der Waals surface area contributed by atoms with Crippen LogP contribution >= 0.6 is 0 Å². The molecule has 0 aliphatic carbocycles. The van der Waals surface area contributed by atoms with E-state index in [0.717, 1.165) is 15.5 Å². The number of aromatic nitrogens is 1. The van der Waals surface area contributed by atoms with Crippen molar-refractivity contribution in [3.05, 3.63) is 36.0 Å². The third-order valence-corrected chi connectivity index (χ3v) is 2.09. The lowest BCUT2D eigenvalue weighted by Crippen LogP contribution is -1.94. The van der Waals surface area contributed by atoms with Gasteiger partial charge in [0.1, 0.15) is 0 Å². The van der Waals surface area contributed by atoms with Crippen molar-refractivity contribution in [1.82, 2.24) is 4.57 Å². The van der Waals surface area contributed by atoms with Crippen molar-refractivity contribution >= 4 is 10.9 Å². The Balaban J connectivity index is 2.71. The van der Waals surface area contributed by atoms with E-state index in [1.807, 2.05) is 19.1 Å². The first-order chi connectivity index (χ1) is 6.18. The Morgan fingerprint density at radius 2 is 2.00 bits per heavy atom.